The van der Waals surface area contributed by atoms with Crippen molar-refractivity contribution in [3.63, 3.8) is 0 Å². The number of likely N-dealkylation sites (tertiary alicyclic amines) is 1. The third kappa shape index (κ3) is 3.49. The van der Waals surface area contributed by atoms with Gasteiger partial charge in [0.1, 0.15) is 11.3 Å². The van der Waals surface area contributed by atoms with Gasteiger partial charge in [-0.2, -0.15) is 0 Å². The van der Waals surface area contributed by atoms with Crippen LogP contribution in [0.4, 0.5) is 0 Å². The molecule has 2 atom stereocenters. The number of aliphatic hydroxyl groups is 1. The van der Waals surface area contributed by atoms with E-state index in [4.69, 9.17) is 16.3 Å². The van der Waals surface area contributed by atoms with Crippen LogP contribution in [0.2, 0.25) is 5.02 Å². The van der Waals surface area contributed by atoms with Gasteiger partial charge in [0, 0.05) is 31.2 Å². The average Bonchev–Trinajstić information content (AvgIpc) is 3.16. The number of methoxy groups -OCH3 is 1. The lowest BCUT2D eigenvalue weighted by molar-refractivity contribution is -0.181. The second-order valence-electron chi connectivity index (χ2n) is 8.91. The summed E-state index contributed by atoms with van der Waals surface area (Å²) in [5, 5.41) is 10.9. The molecule has 8 heteroatoms. The molecule has 0 radical (unpaired) electrons. The number of ether oxygens (including phenoxy) is 1. The second kappa shape index (κ2) is 8.15. The third-order valence-electron chi connectivity index (χ3n) is 6.82. The number of carbonyl (C=O) groups excluding carboxylic acids is 2. The summed E-state index contributed by atoms with van der Waals surface area (Å²) in [5.74, 6) is 0.351. The van der Waals surface area contributed by atoms with Crippen LogP contribution >= 0.6 is 11.6 Å². The van der Waals surface area contributed by atoms with Crippen LogP contribution < -0.4 is 4.74 Å². The Morgan fingerprint density at radius 3 is 2.66 bits per heavy atom. The number of nitrogens with zero attached hydrogens (tertiary/aromatic N) is 3. The zero-order valence-electron chi connectivity index (χ0n) is 17.9. The van der Waals surface area contributed by atoms with Crippen molar-refractivity contribution in [3.8, 4) is 5.75 Å². The summed E-state index contributed by atoms with van der Waals surface area (Å²) in [6.45, 7) is 2.20. The van der Waals surface area contributed by atoms with Gasteiger partial charge in [-0.3, -0.25) is 24.3 Å². The Morgan fingerprint density at radius 2 is 1.91 bits per heavy atom. The van der Waals surface area contributed by atoms with E-state index in [1.165, 1.54) is 4.90 Å². The summed E-state index contributed by atoms with van der Waals surface area (Å²) in [5.41, 5.74) is 1.05. The molecule has 0 unspecified atom stereocenters. The molecule has 3 aliphatic rings. The Kier molecular flexibility index (Phi) is 5.45. The number of β-amino-alcohol motifs (C(OH)–C–C–N with tert-alkyl or cyclic N) is 1. The first kappa shape index (κ1) is 21.4. The largest absolute Gasteiger partial charge is 0.497 e. The quantitative estimate of drug-likeness (QED) is 0.694. The molecule has 168 valence electrons. The van der Waals surface area contributed by atoms with Gasteiger partial charge in [-0.15, -0.1) is 0 Å². The van der Waals surface area contributed by atoms with Crippen LogP contribution in [0, 0.1) is 0 Å². The lowest BCUT2D eigenvalue weighted by Crippen LogP contribution is -2.81. The van der Waals surface area contributed by atoms with Crippen molar-refractivity contribution in [1.82, 2.24) is 14.7 Å². The van der Waals surface area contributed by atoms with Gasteiger partial charge in [-0.1, -0.05) is 41.9 Å². The smallest absolute Gasteiger partial charge is 0.252 e. The summed E-state index contributed by atoms with van der Waals surface area (Å²) < 4.78 is 5.31. The van der Waals surface area contributed by atoms with Crippen LogP contribution in [0.15, 0.2) is 48.5 Å². The minimum Gasteiger partial charge on any atom is -0.497 e. The molecule has 0 bridgehead atoms. The molecule has 1 N–H and O–H groups in total. The maximum absolute atomic E-state index is 13.7. The van der Waals surface area contributed by atoms with Crippen LogP contribution in [-0.2, 0) is 22.7 Å². The van der Waals surface area contributed by atoms with E-state index in [1.807, 2.05) is 47.4 Å². The van der Waals surface area contributed by atoms with Crippen molar-refractivity contribution < 1.29 is 19.4 Å². The highest BCUT2D eigenvalue weighted by molar-refractivity contribution is 6.31. The molecule has 2 aromatic carbocycles. The van der Waals surface area contributed by atoms with E-state index in [-0.39, 0.29) is 18.4 Å². The summed E-state index contributed by atoms with van der Waals surface area (Å²) in [4.78, 5) is 32.4. The number of fused-ring (bicyclic) bond motifs is 2. The maximum atomic E-state index is 13.7. The summed E-state index contributed by atoms with van der Waals surface area (Å²) in [7, 11) is 1.64. The number of piperazine rings is 1. The molecule has 1 spiro atoms. The first-order valence-electron chi connectivity index (χ1n) is 10.8. The first-order valence-corrected chi connectivity index (χ1v) is 11.2. The minimum absolute atomic E-state index is 0.148. The van der Waals surface area contributed by atoms with E-state index in [9.17, 15) is 14.7 Å². The maximum Gasteiger partial charge on any atom is 0.252 e. The highest BCUT2D eigenvalue weighted by Crippen LogP contribution is 2.41. The van der Waals surface area contributed by atoms with Crippen molar-refractivity contribution in [2.75, 3.05) is 26.7 Å². The fraction of sp³-hybridized carbons (Fsp3) is 0.417. The Bertz CT molecular complexity index is 1060. The Balaban J connectivity index is 1.39. The molecule has 32 heavy (non-hydrogen) atoms. The molecule has 5 rings (SSSR count). The second-order valence-corrected chi connectivity index (χ2v) is 9.31. The fourth-order valence-corrected chi connectivity index (χ4v) is 5.47. The van der Waals surface area contributed by atoms with Gasteiger partial charge >= 0.3 is 0 Å². The highest BCUT2D eigenvalue weighted by atomic mass is 35.5. The number of halogens is 1. The average molecular weight is 456 g/mol. The lowest BCUT2D eigenvalue weighted by Gasteiger charge is -2.58. The molecule has 0 aliphatic carbocycles. The fourth-order valence-electron chi connectivity index (χ4n) is 5.27. The van der Waals surface area contributed by atoms with Crippen LogP contribution in [0.5, 0.6) is 5.75 Å². The molecule has 3 aliphatic heterocycles. The summed E-state index contributed by atoms with van der Waals surface area (Å²) in [6.07, 6.45) is -0.260. The predicted molar refractivity (Wildman–Crippen MR) is 119 cm³/mol. The number of benzene rings is 2. The Hall–Kier alpha value is -2.45. The van der Waals surface area contributed by atoms with Crippen molar-refractivity contribution in [3.05, 3.63) is 64.7 Å². The van der Waals surface area contributed by atoms with Gasteiger partial charge in [0.2, 0.25) is 5.91 Å². The van der Waals surface area contributed by atoms with E-state index in [2.05, 4.69) is 4.90 Å². The van der Waals surface area contributed by atoms with E-state index in [1.54, 1.807) is 13.2 Å². The van der Waals surface area contributed by atoms with Gasteiger partial charge in [-0.25, -0.2) is 0 Å². The topological polar surface area (TPSA) is 73.3 Å². The number of amides is 2. The van der Waals surface area contributed by atoms with Gasteiger partial charge in [0.05, 0.1) is 25.8 Å². The van der Waals surface area contributed by atoms with Crippen molar-refractivity contribution in [2.24, 2.45) is 0 Å². The molecule has 3 heterocycles. The lowest BCUT2D eigenvalue weighted by atomic mass is 9.82. The van der Waals surface area contributed by atoms with Crippen molar-refractivity contribution >= 4 is 23.4 Å². The molecular formula is C24H26ClN3O4. The molecule has 2 amide bonds. The standard InChI is InChI=1S/C24H26ClN3O4/c1-32-19-7-4-5-16(9-19)11-26-14-24(15-26)23(31)27(12-17-6-2-3-8-20(17)25)22(30)21-10-18(29)13-28(21)24/h2-9,18,21,29H,10-15H2,1H3/t18-,21+/m1/s1. The van der Waals surface area contributed by atoms with Gasteiger partial charge in [0.25, 0.3) is 5.91 Å². The molecule has 2 aromatic rings. The normalized spacial score (nSPS) is 25.2. The van der Waals surface area contributed by atoms with Crippen LogP contribution in [0.3, 0.4) is 0 Å². The molecule has 0 aromatic heterocycles. The van der Waals surface area contributed by atoms with E-state index >= 15 is 0 Å². The van der Waals surface area contributed by atoms with Crippen LogP contribution in [-0.4, -0.2) is 76.0 Å². The number of imide groups is 1. The molecule has 0 saturated carbocycles. The number of hydrogen-bond acceptors (Lipinski definition) is 6. The van der Waals surface area contributed by atoms with Gasteiger partial charge in [0.15, 0.2) is 0 Å². The third-order valence-corrected chi connectivity index (χ3v) is 7.19. The number of aliphatic hydroxyl groups excluding tert-OH is 1. The van der Waals surface area contributed by atoms with Gasteiger partial charge in [-0.05, 0) is 35.7 Å². The monoisotopic (exact) mass is 455 g/mol. The number of hydrogen-bond donors (Lipinski definition) is 1. The van der Waals surface area contributed by atoms with E-state index < -0.39 is 17.7 Å². The van der Waals surface area contributed by atoms with Crippen LogP contribution in [0.1, 0.15) is 17.5 Å². The Morgan fingerprint density at radius 1 is 1.12 bits per heavy atom. The predicted octanol–water partition coefficient (Wildman–Crippen LogP) is 1.91. The molecule has 3 saturated heterocycles. The van der Waals surface area contributed by atoms with Crippen LogP contribution in [0.25, 0.3) is 0 Å². The van der Waals surface area contributed by atoms with Crippen molar-refractivity contribution in [2.45, 2.75) is 37.2 Å². The minimum atomic E-state index is -0.795. The zero-order chi connectivity index (χ0) is 22.5. The summed E-state index contributed by atoms with van der Waals surface area (Å²) >= 11 is 6.31. The zero-order valence-corrected chi connectivity index (χ0v) is 18.7. The molecule has 7 nitrogen and oxygen atoms in total. The molecular weight excluding hydrogens is 430 g/mol. The highest BCUT2D eigenvalue weighted by Gasteiger charge is 2.64. The Labute approximate surface area is 192 Å². The van der Waals surface area contributed by atoms with Gasteiger partial charge < -0.3 is 9.84 Å². The summed E-state index contributed by atoms with van der Waals surface area (Å²) in [6, 6.07) is 14.7. The van der Waals surface area contributed by atoms with E-state index in [0.29, 0.717) is 37.6 Å². The first-order chi connectivity index (χ1) is 15.4. The number of carbonyl (C=O) groups is 2. The SMILES string of the molecule is COc1cccc(CN2CC3(C2)C(=O)N(Cc2ccccc2Cl)C(=O)[C@@H]2C[C@@H](O)CN23)c1. The number of rotatable bonds is 5. The molecule has 3 fully saturated rings. The van der Waals surface area contributed by atoms with E-state index in [0.717, 1.165) is 16.9 Å². The van der Waals surface area contributed by atoms with Crippen molar-refractivity contribution in [1.29, 1.82) is 0 Å².